The van der Waals surface area contributed by atoms with E-state index in [-0.39, 0.29) is 18.0 Å². The summed E-state index contributed by atoms with van der Waals surface area (Å²) in [7, 11) is 0. The summed E-state index contributed by atoms with van der Waals surface area (Å²) in [5.41, 5.74) is 5.68. The highest BCUT2D eigenvalue weighted by molar-refractivity contribution is 5.95. The number of urea groups is 1. The van der Waals surface area contributed by atoms with Gasteiger partial charge in [-0.05, 0) is 23.8 Å². The normalized spacial score (nSPS) is 10.2. The van der Waals surface area contributed by atoms with Crippen LogP contribution in [0.15, 0.2) is 61.1 Å². The number of pyridine rings is 1. The Morgan fingerprint density at radius 1 is 1.08 bits per heavy atom. The van der Waals surface area contributed by atoms with Gasteiger partial charge in [0.1, 0.15) is 0 Å². The zero-order valence-electron chi connectivity index (χ0n) is 13.6. The first-order chi connectivity index (χ1) is 12.6. The Bertz CT molecular complexity index is 895. The second-order valence-corrected chi connectivity index (χ2v) is 5.27. The van der Waals surface area contributed by atoms with E-state index in [4.69, 9.17) is 0 Å². The summed E-state index contributed by atoms with van der Waals surface area (Å²) >= 11 is 0. The first-order valence-electron chi connectivity index (χ1n) is 7.70. The summed E-state index contributed by atoms with van der Waals surface area (Å²) < 4.78 is 1.37. The third kappa shape index (κ3) is 4.15. The third-order valence-corrected chi connectivity index (χ3v) is 3.40. The molecule has 0 saturated carbocycles. The van der Waals surface area contributed by atoms with Gasteiger partial charge in [-0.15, -0.1) is 0 Å². The van der Waals surface area contributed by atoms with Crippen molar-refractivity contribution >= 4 is 11.9 Å². The number of para-hydroxylation sites is 1. The lowest BCUT2D eigenvalue weighted by atomic mass is 10.3. The molecule has 0 bridgehead atoms. The molecule has 0 fully saturated rings. The van der Waals surface area contributed by atoms with Crippen molar-refractivity contribution in [2.24, 2.45) is 0 Å². The van der Waals surface area contributed by atoms with Gasteiger partial charge < -0.3 is 10.4 Å². The number of benzene rings is 1. The monoisotopic (exact) mass is 352 g/mol. The number of hydrazine groups is 1. The maximum Gasteiger partial charge on any atom is 0.333 e. The van der Waals surface area contributed by atoms with E-state index in [0.29, 0.717) is 5.69 Å². The van der Waals surface area contributed by atoms with E-state index in [9.17, 15) is 14.7 Å². The van der Waals surface area contributed by atoms with Gasteiger partial charge in [0.2, 0.25) is 0 Å². The van der Waals surface area contributed by atoms with Gasteiger partial charge in [0, 0.05) is 18.9 Å². The number of carbonyl (C=O) groups is 2. The average molecular weight is 352 g/mol. The van der Waals surface area contributed by atoms with Gasteiger partial charge in [-0.2, -0.15) is 5.10 Å². The molecule has 2 heterocycles. The van der Waals surface area contributed by atoms with Gasteiger partial charge in [-0.25, -0.2) is 14.9 Å². The van der Waals surface area contributed by atoms with Crippen LogP contribution in [0.3, 0.4) is 0 Å². The van der Waals surface area contributed by atoms with Gasteiger partial charge in [-0.3, -0.25) is 15.2 Å². The number of nitrogens with zero attached hydrogens (tertiary/aromatic N) is 3. The summed E-state index contributed by atoms with van der Waals surface area (Å²) in [6, 6.07) is 12.0. The Balaban J connectivity index is 1.55. The van der Waals surface area contributed by atoms with E-state index in [1.165, 1.54) is 10.9 Å². The molecule has 0 aliphatic rings. The Hall–Kier alpha value is -3.88. The van der Waals surface area contributed by atoms with Gasteiger partial charge in [0.15, 0.2) is 11.4 Å². The van der Waals surface area contributed by atoms with E-state index >= 15 is 0 Å². The second-order valence-electron chi connectivity index (χ2n) is 5.27. The van der Waals surface area contributed by atoms with Crippen LogP contribution in [-0.2, 0) is 6.54 Å². The molecule has 4 N–H and O–H groups in total. The average Bonchev–Trinajstić information content (AvgIpc) is 3.08. The van der Waals surface area contributed by atoms with Gasteiger partial charge in [0.25, 0.3) is 5.91 Å². The first-order valence-corrected chi connectivity index (χ1v) is 7.70. The number of aromatic nitrogens is 3. The standard InChI is InChI=1S/C17H16N6O3/c24-14-11-23(13-6-2-1-3-7-13)22-15(14)16(25)20-21-17(26)19-10-12-5-4-8-18-9-12/h1-9,11,24H,10H2,(H,20,25)(H2,19,21,26). The van der Waals surface area contributed by atoms with Crippen LogP contribution in [0, 0.1) is 0 Å². The molecule has 0 saturated heterocycles. The molecule has 3 amide bonds. The minimum absolute atomic E-state index is 0.207. The molecule has 9 nitrogen and oxygen atoms in total. The van der Waals surface area contributed by atoms with Gasteiger partial charge in [-0.1, -0.05) is 24.3 Å². The van der Waals surface area contributed by atoms with Crippen LogP contribution in [-0.4, -0.2) is 31.8 Å². The SMILES string of the molecule is O=C(NCc1cccnc1)NNC(=O)c1nn(-c2ccccc2)cc1O. The van der Waals surface area contributed by atoms with E-state index in [1.54, 1.807) is 36.7 Å². The smallest absolute Gasteiger partial charge is 0.333 e. The van der Waals surface area contributed by atoms with Gasteiger partial charge in [0.05, 0.1) is 11.9 Å². The predicted molar refractivity (Wildman–Crippen MR) is 92.3 cm³/mol. The number of hydrogen-bond donors (Lipinski definition) is 4. The van der Waals surface area contributed by atoms with E-state index in [2.05, 4.69) is 26.3 Å². The van der Waals surface area contributed by atoms with Crippen LogP contribution in [0.5, 0.6) is 5.75 Å². The molecule has 0 spiro atoms. The topological polar surface area (TPSA) is 121 Å². The maximum atomic E-state index is 12.1. The Morgan fingerprint density at radius 2 is 1.88 bits per heavy atom. The quantitative estimate of drug-likeness (QED) is 0.524. The number of carbonyl (C=O) groups excluding carboxylic acids is 2. The van der Waals surface area contributed by atoms with Crippen molar-refractivity contribution in [3.63, 3.8) is 0 Å². The molecule has 0 radical (unpaired) electrons. The fourth-order valence-corrected chi connectivity index (χ4v) is 2.14. The summed E-state index contributed by atoms with van der Waals surface area (Å²) in [6.45, 7) is 0.253. The molecule has 9 heteroatoms. The van der Waals surface area contributed by atoms with Crippen LogP contribution < -0.4 is 16.2 Å². The minimum atomic E-state index is -0.742. The van der Waals surface area contributed by atoms with Crippen molar-refractivity contribution in [1.29, 1.82) is 0 Å². The largest absolute Gasteiger partial charge is 0.504 e. The zero-order chi connectivity index (χ0) is 18.4. The molecule has 0 unspecified atom stereocenters. The molecule has 3 aromatic rings. The molecule has 26 heavy (non-hydrogen) atoms. The highest BCUT2D eigenvalue weighted by atomic mass is 16.3. The van der Waals surface area contributed by atoms with Crippen LogP contribution >= 0.6 is 0 Å². The van der Waals surface area contributed by atoms with Crippen LogP contribution in [0.1, 0.15) is 16.1 Å². The fourth-order valence-electron chi connectivity index (χ4n) is 2.14. The van der Waals surface area contributed by atoms with Crippen LogP contribution in [0.2, 0.25) is 0 Å². The Morgan fingerprint density at radius 3 is 2.62 bits per heavy atom. The van der Waals surface area contributed by atoms with E-state index in [0.717, 1.165) is 5.56 Å². The van der Waals surface area contributed by atoms with Crippen molar-refractivity contribution in [3.8, 4) is 11.4 Å². The number of aromatic hydroxyl groups is 1. The summed E-state index contributed by atoms with van der Waals surface area (Å²) in [6.07, 6.45) is 4.56. The molecule has 2 aromatic heterocycles. The van der Waals surface area contributed by atoms with E-state index < -0.39 is 11.9 Å². The predicted octanol–water partition coefficient (Wildman–Crippen LogP) is 1.12. The number of rotatable bonds is 4. The Labute approximate surface area is 148 Å². The highest BCUT2D eigenvalue weighted by Gasteiger charge is 2.17. The third-order valence-electron chi connectivity index (χ3n) is 3.40. The molecule has 3 rings (SSSR count). The molecule has 0 atom stereocenters. The second kappa shape index (κ2) is 7.79. The summed E-state index contributed by atoms with van der Waals surface area (Å²) in [5, 5.41) is 16.5. The lowest BCUT2D eigenvalue weighted by Crippen LogP contribution is -2.46. The lowest BCUT2D eigenvalue weighted by Gasteiger charge is -2.08. The molecule has 0 aliphatic heterocycles. The molecule has 1 aromatic carbocycles. The fraction of sp³-hybridized carbons (Fsp3) is 0.0588. The summed E-state index contributed by atoms with van der Waals surface area (Å²) in [4.78, 5) is 27.7. The van der Waals surface area contributed by atoms with Crippen molar-refractivity contribution < 1.29 is 14.7 Å². The minimum Gasteiger partial charge on any atom is -0.504 e. The van der Waals surface area contributed by atoms with Crippen LogP contribution in [0.4, 0.5) is 4.79 Å². The molecular formula is C17H16N6O3. The van der Waals surface area contributed by atoms with Crippen molar-refractivity contribution in [3.05, 3.63) is 72.3 Å². The lowest BCUT2D eigenvalue weighted by molar-refractivity contribution is 0.0928. The van der Waals surface area contributed by atoms with E-state index in [1.807, 2.05) is 18.2 Å². The summed E-state index contributed by atoms with van der Waals surface area (Å²) in [5.74, 6) is -1.04. The van der Waals surface area contributed by atoms with Crippen LogP contribution in [0.25, 0.3) is 5.69 Å². The maximum absolute atomic E-state index is 12.1. The van der Waals surface area contributed by atoms with Gasteiger partial charge >= 0.3 is 6.03 Å². The van der Waals surface area contributed by atoms with Crippen molar-refractivity contribution in [2.75, 3.05) is 0 Å². The van der Waals surface area contributed by atoms with Crippen molar-refractivity contribution in [1.82, 2.24) is 30.9 Å². The Kier molecular flexibility index (Phi) is 5.08. The molecule has 0 aliphatic carbocycles. The first kappa shape index (κ1) is 17.0. The zero-order valence-corrected chi connectivity index (χ0v) is 13.6. The number of nitrogens with one attached hydrogen (secondary N) is 3. The molecular weight excluding hydrogens is 336 g/mol. The molecule has 132 valence electrons. The number of amides is 3. The number of hydrogen-bond acceptors (Lipinski definition) is 5. The van der Waals surface area contributed by atoms with Crippen molar-refractivity contribution in [2.45, 2.75) is 6.54 Å². The highest BCUT2D eigenvalue weighted by Crippen LogP contribution is 2.17.